The second-order valence-electron chi connectivity index (χ2n) is 4.68. The molecule has 110 valence electrons. The molecule has 0 bridgehead atoms. The Labute approximate surface area is 120 Å². The number of nitrogens with zero attached hydrogens (tertiary/aromatic N) is 1. The van der Waals surface area contributed by atoms with E-state index in [2.05, 4.69) is 5.32 Å². The quantitative estimate of drug-likeness (QED) is 0.732. The smallest absolute Gasteiger partial charge is 0.180 e. The minimum absolute atomic E-state index is 0.0550. The molecule has 0 aromatic heterocycles. The Hall–Kier alpha value is -1.42. The van der Waals surface area contributed by atoms with E-state index in [1.54, 1.807) is 0 Å². The van der Waals surface area contributed by atoms with Gasteiger partial charge in [0.2, 0.25) is 0 Å². The molecule has 1 aromatic rings. The van der Waals surface area contributed by atoms with Crippen LogP contribution in [0.5, 0.6) is 0 Å². The van der Waals surface area contributed by atoms with Crippen LogP contribution in [0, 0.1) is 11.3 Å². The first-order chi connectivity index (χ1) is 9.45. The molecule has 20 heavy (non-hydrogen) atoms. The Morgan fingerprint density at radius 2 is 1.90 bits per heavy atom. The van der Waals surface area contributed by atoms with Crippen LogP contribution in [0.4, 0.5) is 0 Å². The molecule has 0 atom stereocenters. The van der Waals surface area contributed by atoms with E-state index in [-0.39, 0.29) is 17.3 Å². The van der Waals surface area contributed by atoms with Crippen molar-refractivity contribution in [3.63, 3.8) is 0 Å². The minimum atomic E-state index is -3.34. The van der Waals surface area contributed by atoms with E-state index in [9.17, 15) is 8.42 Å². The summed E-state index contributed by atoms with van der Waals surface area (Å²) in [6, 6.07) is 8.25. The summed E-state index contributed by atoms with van der Waals surface area (Å²) in [5.74, 6) is -0.0550. The molecule has 5 nitrogen and oxygen atoms in total. The number of hydrogen-bond acceptors (Lipinski definition) is 5. The van der Waals surface area contributed by atoms with Gasteiger partial charge in [-0.05, 0) is 24.3 Å². The monoisotopic (exact) mass is 296 g/mol. The molecule has 0 radical (unpaired) electrons. The molecule has 0 aliphatic rings. The molecule has 0 aliphatic carbocycles. The Balaban J connectivity index is 2.40. The van der Waals surface area contributed by atoms with Crippen LogP contribution in [0.1, 0.15) is 19.4 Å². The molecule has 0 aliphatic heterocycles. The van der Waals surface area contributed by atoms with E-state index >= 15 is 0 Å². The van der Waals surface area contributed by atoms with Gasteiger partial charge >= 0.3 is 0 Å². The third kappa shape index (κ3) is 5.70. The average Bonchev–Trinajstić information content (AvgIpc) is 2.42. The number of nitrogens with one attached hydrogen (secondary N) is 1. The fourth-order valence-corrected chi connectivity index (χ4v) is 2.67. The maximum atomic E-state index is 12.0. The lowest BCUT2D eigenvalue weighted by Crippen LogP contribution is -2.27. The molecule has 0 saturated carbocycles. The summed E-state index contributed by atoms with van der Waals surface area (Å²) in [5.41, 5.74) is 0.444. The summed E-state index contributed by atoms with van der Waals surface area (Å²) < 4.78 is 29.3. The Bertz CT molecular complexity index is 545. The first-order valence-corrected chi connectivity index (χ1v) is 8.15. The van der Waals surface area contributed by atoms with E-state index in [1.807, 2.05) is 19.9 Å². The first kappa shape index (κ1) is 16.6. The largest absolute Gasteiger partial charge is 0.379 e. The topological polar surface area (TPSA) is 79.2 Å². The number of ether oxygens (including phenoxy) is 1. The van der Waals surface area contributed by atoms with Crippen molar-refractivity contribution < 1.29 is 13.2 Å². The molecule has 0 amide bonds. The van der Waals surface area contributed by atoms with Gasteiger partial charge in [-0.2, -0.15) is 5.26 Å². The lowest BCUT2D eigenvalue weighted by atomic mass is 10.2. The molecule has 0 saturated heterocycles. The second-order valence-corrected chi connectivity index (χ2v) is 6.79. The summed E-state index contributed by atoms with van der Waals surface area (Å²) in [4.78, 5) is 0.223. The molecule has 1 N–H and O–H groups in total. The third-order valence-electron chi connectivity index (χ3n) is 2.64. The minimum Gasteiger partial charge on any atom is -0.379 e. The van der Waals surface area contributed by atoms with Gasteiger partial charge in [0, 0.05) is 12.6 Å². The fraction of sp³-hybridized carbons (Fsp3) is 0.500. The zero-order valence-corrected chi connectivity index (χ0v) is 12.6. The molecule has 1 aromatic carbocycles. The molecule has 6 heteroatoms. The lowest BCUT2D eigenvalue weighted by molar-refractivity contribution is 0.149. The van der Waals surface area contributed by atoms with Gasteiger partial charge in [-0.1, -0.05) is 13.8 Å². The van der Waals surface area contributed by atoms with Gasteiger partial charge in [0.25, 0.3) is 0 Å². The van der Waals surface area contributed by atoms with Gasteiger partial charge in [-0.15, -0.1) is 0 Å². The third-order valence-corrected chi connectivity index (χ3v) is 4.33. The highest BCUT2D eigenvalue weighted by Gasteiger charge is 2.13. The van der Waals surface area contributed by atoms with Crippen molar-refractivity contribution in [2.24, 2.45) is 0 Å². The van der Waals surface area contributed by atoms with Crippen LogP contribution in [-0.2, 0) is 14.6 Å². The summed E-state index contributed by atoms with van der Waals surface area (Å²) in [5, 5.41) is 11.9. The normalized spacial score (nSPS) is 11.5. The highest BCUT2D eigenvalue weighted by atomic mass is 32.2. The maximum absolute atomic E-state index is 12.0. The average molecular weight is 296 g/mol. The van der Waals surface area contributed by atoms with Gasteiger partial charge in [-0.3, -0.25) is 0 Å². The highest BCUT2D eigenvalue weighted by Crippen LogP contribution is 2.12. The van der Waals surface area contributed by atoms with Crippen LogP contribution >= 0.6 is 0 Å². The van der Waals surface area contributed by atoms with Crippen molar-refractivity contribution in [1.82, 2.24) is 5.32 Å². The van der Waals surface area contributed by atoms with Crippen LogP contribution in [0.25, 0.3) is 0 Å². The fourth-order valence-electron chi connectivity index (χ4n) is 1.55. The van der Waals surface area contributed by atoms with Crippen LogP contribution in [0.15, 0.2) is 29.2 Å². The highest BCUT2D eigenvalue weighted by molar-refractivity contribution is 7.91. The number of sulfone groups is 1. The van der Waals surface area contributed by atoms with E-state index < -0.39 is 9.84 Å². The van der Waals surface area contributed by atoms with Crippen molar-refractivity contribution >= 4 is 9.84 Å². The van der Waals surface area contributed by atoms with E-state index in [0.717, 1.165) is 0 Å². The maximum Gasteiger partial charge on any atom is 0.180 e. The summed E-state index contributed by atoms with van der Waals surface area (Å²) >= 11 is 0. The van der Waals surface area contributed by atoms with Gasteiger partial charge in [0.1, 0.15) is 0 Å². The summed E-state index contributed by atoms with van der Waals surface area (Å²) in [6.45, 7) is 5.43. The summed E-state index contributed by atoms with van der Waals surface area (Å²) in [6.07, 6.45) is 0. The number of nitriles is 1. The van der Waals surface area contributed by atoms with Crippen molar-refractivity contribution in [3.8, 4) is 6.07 Å². The van der Waals surface area contributed by atoms with E-state index in [4.69, 9.17) is 10.00 Å². The van der Waals surface area contributed by atoms with E-state index in [0.29, 0.717) is 24.8 Å². The number of benzene rings is 1. The lowest BCUT2D eigenvalue weighted by Gasteiger charge is -2.09. The molecule has 0 unspecified atom stereocenters. The Morgan fingerprint density at radius 1 is 1.25 bits per heavy atom. The van der Waals surface area contributed by atoms with Crippen molar-refractivity contribution in [1.29, 1.82) is 5.26 Å². The van der Waals surface area contributed by atoms with Crippen molar-refractivity contribution in [3.05, 3.63) is 29.8 Å². The predicted octanol–water partition coefficient (Wildman–Crippen LogP) is 1.35. The molecular weight excluding hydrogens is 276 g/mol. The van der Waals surface area contributed by atoms with Gasteiger partial charge in [0.15, 0.2) is 9.84 Å². The molecule has 0 fully saturated rings. The summed E-state index contributed by atoms with van der Waals surface area (Å²) in [7, 11) is -3.34. The van der Waals surface area contributed by atoms with Crippen molar-refractivity contribution in [2.75, 3.05) is 25.5 Å². The van der Waals surface area contributed by atoms with E-state index in [1.165, 1.54) is 24.3 Å². The zero-order valence-electron chi connectivity index (χ0n) is 11.8. The predicted molar refractivity (Wildman–Crippen MR) is 77.2 cm³/mol. The number of rotatable bonds is 8. The Kier molecular flexibility index (Phi) is 6.65. The van der Waals surface area contributed by atoms with Crippen LogP contribution in [0.2, 0.25) is 0 Å². The van der Waals surface area contributed by atoms with Gasteiger partial charge in [0.05, 0.1) is 35.5 Å². The standard InChI is InChI=1S/C14H20N2O3S/c1-12(2)16-7-8-19-9-10-20(17,18)14-5-3-13(11-15)4-6-14/h3-6,12,16H,7-10H2,1-2H3. The second kappa shape index (κ2) is 8.00. The molecule has 1 rings (SSSR count). The van der Waals surface area contributed by atoms with Gasteiger partial charge in [-0.25, -0.2) is 8.42 Å². The molecule has 0 heterocycles. The van der Waals surface area contributed by atoms with Crippen LogP contribution in [0.3, 0.4) is 0 Å². The Morgan fingerprint density at radius 3 is 2.45 bits per heavy atom. The zero-order chi connectivity index (χ0) is 15.0. The van der Waals surface area contributed by atoms with Crippen molar-refractivity contribution in [2.45, 2.75) is 24.8 Å². The molecule has 0 spiro atoms. The van der Waals surface area contributed by atoms with Gasteiger partial charge < -0.3 is 10.1 Å². The SMILES string of the molecule is CC(C)NCCOCCS(=O)(=O)c1ccc(C#N)cc1. The van der Waals surface area contributed by atoms with Crippen LogP contribution < -0.4 is 5.32 Å². The number of hydrogen-bond donors (Lipinski definition) is 1. The van der Waals surface area contributed by atoms with Crippen LogP contribution in [-0.4, -0.2) is 40.0 Å². The molecular formula is C14H20N2O3S. The first-order valence-electron chi connectivity index (χ1n) is 6.50.